The summed E-state index contributed by atoms with van der Waals surface area (Å²) in [6.45, 7) is 0.656. The lowest BCUT2D eigenvalue weighted by Crippen LogP contribution is -2.41. The molecule has 1 aliphatic heterocycles. The Hall–Kier alpha value is -1.02. The van der Waals surface area contributed by atoms with Crippen molar-refractivity contribution in [1.29, 1.82) is 0 Å². The number of carbonyl (C=O) groups is 1. The second-order valence-electron chi connectivity index (χ2n) is 3.90. The second-order valence-corrected chi connectivity index (χ2v) is 4.34. The van der Waals surface area contributed by atoms with Crippen LogP contribution in [0.5, 0.6) is 5.75 Å². The van der Waals surface area contributed by atoms with Crippen LogP contribution < -0.4 is 4.74 Å². The molecule has 1 aliphatic carbocycles. The van der Waals surface area contributed by atoms with Crippen LogP contribution in [0.15, 0.2) is 18.2 Å². The molecule has 2 nitrogen and oxygen atoms in total. The summed E-state index contributed by atoms with van der Waals surface area (Å²) in [6.07, 6.45) is 0.673. The standard InChI is InChI=1S/C11H9ClO2/c12-7-1-2-8-10(4-7)14-5-6-3-9(13)11(6)8/h1-2,4,6,11H,3,5H2/t6-,11-/m0/s1. The van der Waals surface area contributed by atoms with Crippen LogP contribution in [0, 0.1) is 5.92 Å². The number of halogens is 1. The molecule has 0 radical (unpaired) electrons. The van der Waals surface area contributed by atoms with Crippen molar-refractivity contribution in [3.63, 3.8) is 0 Å². The van der Waals surface area contributed by atoms with Crippen LogP contribution in [0.25, 0.3) is 0 Å². The van der Waals surface area contributed by atoms with Gasteiger partial charge in [-0.25, -0.2) is 0 Å². The first-order valence-corrected chi connectivity index (χ1v) is 5.08. The Balaban J connectivity index is 2.09. The van der Waals surface area contributed by atoms with Crippen LogP contribution >= 0.6 is 11.6 Å². The molecule has 1 saturated carbocycles. The van der Waals surface area contributed by atoms with E-state index in [2.05, 4.69) is 0 Å². The highest BCUT2D eigenvalue weighted by atomic mass is 35.5. The van der Waals surface area contributed by atoms with E-state index in [-0.39, 0.29) is 5.92 Å². The molecule has 1 aromatic carbocycles. The number of fused-ring (bicyclic) bond motifs is 3. The summed E-state index contributed by atoms with van der Waals surface area (Å²) in [5.74, 6) is 1.60. The van der Waals surface area contributed by atoms with E-state index in [1.165, 1.54) is 0 Å². The Kier molecular flexibility index (Phi) is 1.62. The van der Waals surface area contributed by atoms with E-state index in [1.807, 2.05) is 12.1 Å². The summed E-state index contributed by atoms with van der Waals surface area (Å²) in [5.41, 5.74) is 1.02. The molecule has 0 aromatic heterocycles. The maximum atomic E-state index is 11.4. The fourth-order valence-corrected chi connectivity index (χ4v) is 2.44. The molecular formula is C11H9ClO2. The van der Waals surface area contributed by atoms with Gasteiger partial charge in [0.05, 0.1) is 12.5 Å². The van der Waals surface area contributed by atoms with E-state index in [4.69, 9.17) is 16.3 Å². The molecule has 1 aromatic rings. The maximum absolute atomic E-state index is 11.4. The van der Waals surface area contributed by atoms with Gasteiger partial charge in [0.2, 0.25) is 0 Å². The zero-order chi connectivity index (χ0) is 9.71. The van der Waals surface area contributed by atoms with Gasteiger partial charge in [-0.1, -0.05) is 17.7 Å². The Morgan fingerprint density at radius 1 is 1.43 bits per heavy atom. The summed E-state index contributed by atoms with van der Waals surface area (Å²) in [7, 11) is 0. The Morgan fingerprint density at radius 3 is 3.07 bits per heavy atom. The summed E-state index contributed by atoms with van der Waals surface area (Å²) in [6, 6.07) is 5.52. The second kappa shape index (κ2) is 2.74. The van der Waals surface area contributed by atoms with Crippen molar-refractivity contribution in [1.82, 2.24) is 0 Å². The fourth-order valence-electron chi connectivity index (χ4n) is 2.28. The van der Waals surface area contributed by atoms with Crippen molar-refractivity contribution < 1.29 is 9.53 Å². The molecule has 0 spiro atoms. The van der Waals surface area contributed by atoms with E-state index in [0.717, 1.165) is 11.3 Å². The number of hydrogen-bond donors (Lipinski definition) is 0. The zero-order valence-corrected chi connectivity index (χ0v) is 8.25. The molecule has 3 heteroatoms. The SMILES string of the molecule is O=C1C[C@H]2COc3cc(Cl)ccc3[C@@H]12. The molecule has 0 N–H and O–H groups in total. The minimum Gasteiger partial charge on any atom is -0.493 e. The van der Waals surface area contributed by atoms with Crippen molar-refractivity contribution in [3.05, 3.63) is 28.8 Å². The molecule has 14 heavy (non-hydrogen) atoms. The Bertz CT molecular complexity index is 414. The number of carbonyl (C=O) groups excluding carboxylic acids is 1. The van der Waals surface area contributed by atoms with E-state index >= 15 is 0 Å². The van der Waals surface area contributed by atoms with Gasteiger partial charge >= 0.3 is 0 Å². The molecular weight excluding hydrogens is 200 g/mol. The van der Waals surface area contributed by atoms with Crippen LogP contribution in [0.4, 0.5) is 0 Å². The predicted molar refractivity (Wildman–Crippen MR) is 52.8 cm³/mol. The largest absolute Gasteiger partial charge is 0.493 e. The summed E-state index contributed by atoms with van der Waals surface area (Å²) in [4.78, 5) is 11.4. The fraction of sp³-hybridized carbons (Fsp3) is 0.364. The highest BCUT2D eigenvalue weighted by Crippen LogP contribution is 2.47. The van der Waals surface area contributed by atoms with Gasteiger partial charge in [0.25, 0.3) is 0 Å². The van der Waals surface area contributed by atoms with Gasteiger partial charge in [-0.15, -0.1) is 0 Å². The number of ketones is 1. The van der Waals surface area contributed by atoms with Gasteiger partial charge in [-0.2, -0.15) is 0 Å². The van der Waals surface area contributed by atoms with E-state index in [0.29, 0.717) is 29.8 Å². The molecule has 2 atom stereocenters. The zero-order valence-electron chi connectivity index (χ0n) is 7.50. The molecule has 0 bridgehead atoms. The number of rotatable bonds is 0. The number of benzene rings is 1. The lowest BCUT2D eigenvalue weighted by molar-refractivity contribution is -0.131. The van der Waals surface area contributed by atoms with Crippen molar-refractivity contribution in [2.75, 3.05) is 6.61 Å². The third kappa shape index (κ3) is 1.01. The first kappa shape index (κ1) is 8.30. The Morgan fingerprint density at radius 2 is 2.29 bits per heavy atom. The molecule has 0 unspecified atom stereocenters. The first-order valence-electron chi connectivity index (χ1n) is 4.70. The molecule has 0 saturated heterocycles. The highest BCUT2D eigenvalue weighted by molar-refractivity contribution is 6.30. The lowest BCUT2D eigenvalue weighted by Gasteiger charge is -2.39. The average Bonchev–Trinajstić information content (AvgIpc) is 2.15. The summed E-state index contributed by atoms with van der Waals surface area (Å²) < 4.78 is 5.55. The van der Waals surface area contributed by atoms with Crippen LogP contribution in [-0.4, -0.2) is 12.4 Å². The molecule has 72 valence electrons. The Labute approximate surface area is 86.8 Å². The van der Waals surface area contributed by atoms with Crippen LogP contribution in [-0.2, 0) is 4.79 Å². The van der Waals surface area contributed by atoms with Crippen LogP contribution in [0.2, 0.25) is 5.02 Å². The topological polar surface area (TPSA) is 26.3 Å². The first-order chi connectivity index (χ1) is 6.75. The minimum atomic E-state index is 0.0796. The van der Waals surface area contributed by atoms with Crippen molar-refractivity contribution in [3.8, 4) is 5.75 Å². The third-order valence-electron chi connectivity index (χ3n) is 3.05. The number of ether oxygens (including phenoxy) is 1. The third-order valence-corrected chi connectivity index (χ3v) is 3.28. The predicted octanol–water partition coefficient (Wildman–Crippen LogP) is 2.41. The molecule has 0 amide bonds. The highest BCUT2D eigenvalue weighted by Gasteiger charge is 2.44. The lowest BCUT2D eigenvalue weighted by atomic mass is 9.68. The van der Waals surface area contributed by atoms with Gasteiger partial charge in [0.15, 0.2) is 0 Å². The van der Waals surface area contributed by atoms with Gasteiger partial charge < -0.3 is 4.74 Å². The molecule has 3 rings (SSSR count). The summed E-state index contributed by atoms with van der Waals surface area (Å²) in [5, 5.41) is 0.661. The van der Waals surface area contributed by atoms with Gasteiger partial charge in [0, 0.05) is 22.9 Å². The van der Waals surface area contributed by atoms with Crippen LogP contribution in [0.1, 0.15) is 17.9 Å². The number of Topliss-reactive ketones (excluding diaryl/α,β-unsaturated/α-hetero) is 1. The molecule has 2 aliphatic rings. The van der Waals surface area contributed by atoms with E-state index in [9.17, 15) is 4.79 Å². The molecule has 1 heterocycles. The van der Waals surface area contributed by atoms with Crippen molar-refractivity contribution in [2.24, 2.45) is 5.92 Å². The number of hydrogen-bond acceptors (Lipinski definition) is 2. The van der Waals surface area contributed by atoms with Crippen molar-refractivity contribution in [2.45, 2.75) is 12.3 Å². The summed E-state index contributed by atoms with van der Waals surface area (Å²) >= 11 is 5.85. The average molecular weight is 209 g/mol. The van der Waals surface area contributed by atoms with Crippen LogP contribution in [0.3, 0.4) is 0 Å². The minimum absolute atomic E-state index is 0.0796. The molecule has 1 fully saturated rings. The van der Waals surface area contributed by atoms with E-state index in [1.54, 1.807) is 6.07 Å². The normalized spacial score (nSPS) is 28.5. The van der Waals surface area contributed by atoms with Gasteiger partial charge in [-0.05, 0) is 12.1 Å². The van der Waals surface area contributed by atoms with Gasteiger partial charge in [0.1, 0.15) is 11.5 Å². The quantitative estimate of drug-likeness (QED) is 0.655. The van der Waals surface area contributed by atoms with Crippen molar-refractivity contribution >= 4 is 17.4 Å². The smallest absolute Gasteiger partial charge is 0.141 e. The van der Waals surface area contributed by atoms with E-state index < -0.39 is 0 Å². The monoisotopic (exact) mass is 208 g/mol. The maximum Gasteiger partial charge on any atom is 0.141 e. The van der Waals surface area contributed by atoms with Gasteiger partial charge in [-0.3, -0.25) is 4.79 Å².